The maximum absolute atomic E-state index is 12.6. The summed E-state index contributed by atoms with van der Waals surface area (Å²) < 4.78 is 4.79. The van der Waals surface area contributed by atoms with Crippen LogP contribution in [0.1, 0.15) is 6.92 Å². The maximum atomic E-state index is 12.6. The first kappa shape index (κ1) is 37.7. The second kappa shape index (κ2) is 18.2. The van der Waals surface area contributed by atoms with Crippen LogP contribution in [0.4, 0.5) is 0 Å². The molecule has 0 saturated carbocycles. The number of nitrogens with two attached hydrogens (primary N) is 1. The molecular weight excluding hydrogens is 556 g/mol. The number of hydrogen-bond acceptors (Lipinski definition) is 10. The molecule has 0 aromatic carbocycles. The molecule has 0 fully saturated rings. The van der Waals surface area contributed by atoms with Gasteiger partial charge in [-0.15, -0.1) is 0 Å². The van der Waals surface area contributed by atoms with E-state index in [1.807, 2.05) is 0 Å². The fraction of sp³-hybridized carbons (Fsp3) is 0.680. The Kier molecular flexibility index (Phi) is 16.4. The van der Waals surface area contributed by atoms with Crippen molar-refractivity contribution in [3.63, 3.8) is 0 Å². The molecule has 0 aliphatic carbocycles. The van der Waals surface area contributed by atoms with Crippen molar-refractivity contribution >= 4 is 47.3 Å². The van der Waals surface area contributed by atoms with E-state index in [-0.39, 0.29) is 59.0 Å². The van der Waals surface area contributed by atoms with Crippen molar-refractivity contribution < 1.29 is 43.1 Å². The molecule has 2 N–H and O–H groups in total. The monoisotopic (exact) mass is 600 g/mol. The molecule has 0 bridgehead atoms. The summed E-state index contributed by atoms with van der Waals surface area (Å²) >= 11 is 0. The van der Waals surface area contributed by atoms with E-state index in [9.17, 15) is 38.4 Å². The first-order valence-electron chi connectivity index (χ1n) is 13.0. The van der Waals surface area contributed by atoms with Crippen molar-refractivity contribution in [2.24, 2.45) is 5.73 Å². The SMILES string of the molecule is CCOC(=O)CN(C)C(=O)CN(C)C(=O)CN(C)C(=O)CN(C)C(=O)CN(C)C(=O)CN(C)C(=O)CN(C)C(=O)CN. The number of hydrogen-bond donors (Lipinski definition) is 1. The highest BCUT2D eigenvalue weighted by Gasteiger charge is 2.24. The maximum Gasteiger partial charge on any atom is 0.325 e. The van der Waals surface area contributed by atoms with E-state index in [1.54, 1.807) is 6.92 Å². The van der Waals surface area contributed by atoms with Gasteiger partial charge in [-0.05, 0) is 6.92 Å². The molecule has 0 unspecified atom stereocenters. The van der Waals surface area contributed by atoms with Crippen molar-refractivity contribution in [2.75, 3.05) is 108 Å². The number of ether oxygens (including phenoxy) is 1. The predicted octanol–water partition coefficient (Wildman–Crippen LogP) is -4.28. The molecule has 0 rings (SSSR count). The molecular formula is C25H44N8O9. The Morgan fingerprint density at radius 1 is 0.429 bits per heavy atom. The topological polar surface area (TPSA) is 194 Å². The number of nitrogens with zero attached hydrogens (tertiary/aromatic N) is 7. The largest absolute Gasteiger partial charge is 0.465 e. The molecule has 0 atom stereocenters. The van der Waals surface area contributed by atoms with Crippen molar-refractivity contribution in [2.45, 2.75) is 6.92 Å². The second-order valence-corrected chi connectivity index (χ2v) is 9.76. The van der Waals surface area contributed by atoms with Crippen molar-refractivity contribution in [3.8, 4) is 0 Å². The summed E-state index contributed by atoms with van der Waals surface area (Å²) in [6, 6.07) is 0. The fourth-order valence-electron chi connectivity index (χ4n) is 3.11. The Labute approximate surface area is 246 Å². The second-order valence-electron chi connectivity index (χ2n) is 9.76. The summed E-state index contributed by atoms with van der Waals surface area (Å²) in [5, 5.41) is 0. The van der Waals surface area contributed by atoms with E-state index < -0.39 is 47.3 Å². The summed E-state index contributed by atoms with van der Waals surface area (Å²) in [6.45, 7) is -0.742. The van der Waals surface area contributed by atoms with Crippen LogP contribution in [0.2, 0.25) is 0 Å². The quantitative estimate of drug-likeness (QED) is 0.169. The molecule has 0 aliphatic heterocycles. The molecule has 0 aromatic rings. The Bertz CT molecular complexity index is 1020. The summed E-state index contributed by atoms with van der Waals surface area (Å²) in [5.41, 5.74) is 5.26. The summed E-state index contributed by atoms with van der Waals surface area (Å²) in [5.74, 6) is -4.21. The minimum absolute atomic E-state index is 0.175. The summed E-state index contributed by atoms with van der Waals surface area (Å²) in [4.78, 5) is 106. The lowest BCUT2D eigenvalue weighted by molar-refractivity contribution is -0.149. The molecule has 238 valence electrons. The van der Waals surface area contributed by atoms with Crippen LogP contribution >= 0.6 is 0 Å². The van der Waals surface area contributed by atoms with Gasteiger partial charge in [0.1, 0.15) is 6.54 Å². The number of likely N-dealkylation sites (N-methyl/N-ethyl adjacent to an activating group) is 7. The lowest BCUT2D eigenvalue weighted by atomic mass is 10.3. The van der Waals surface area contributed by atoms with Gasteiger partial charge >= 0.3 is 5.97 Å². The minimum Gasteiger partial charge on any atom is -0.465 e. The average Bonchev–Trinajstić information content (AvgIpc) is 2.91. The highest BCUT2D eigenvalue weighted by molar-refractivity contribution is 5.92. The van der Waals surface area contributed by atoms with Crippen LogP contribution in [0, 0.1) is 0 Å². The fourth-order valence-corrected chi connectivity index (χ4v) is 3.11. The molecule has 7 amide bonds. The smallest absolute Gasteiger partial charge is 0.325 e. The van der Waals surface area contributed by atoms with Crippen LogP contribution < -0.4 is 5.73 Å². The standard InChI is InChI=1S/C25H44N8O9/c1-9-42-25(41)17-33(8)24(40)16-32(7)23(39)15-31(6)22(38)14-30(5)21(37)13-29(4)20(36)12-28(3)19(35)11-27(2)18(34)10-26/h9-17,26H2,1-8H3. The summed E-state index contributed by atoms with van der Waals surface area (Å²) in [7, 11) is 9.66. The molecule has 0 heterocycles. The lowest BCUT2D eigenvalue weighted by Gasteiger charge is -2.27. The van der Waals surface area contributed by atoms with Crippen LogP contribution in [0.3, 0.4) is 0 Å². The van der Waals surface area contributed by atoms with Crippen LogP contribution in [0.15, 0.2) is 0 Å². The Morgan fingerprint density at radius 2 is 0.643 bits per heavy atom. The minimum atomic E-state index is -0.579. The number of carbonyl (C=O) groups is 8. The number of rotatable bonds is 16. The van der Waals surface area contributed by atoms with E-state index in [1.165, 1.54) is 49.3 Å². The zero-order chi connectivity index (χ0) is 32.7. The summed E-state index contributed by atoms with van der Waals surface area (Å²) in [6.07, 6.45) is 0. The van der Waals surface area contributed by atoms with E-state index in [0.717, 1.165) is 34.3 Å². The molecule has 0 radical (unpaired) electrons. The number of amides is 7. The highest BCUT2D eigenvalue weighted by Crippen LogP contribution is 1.99. The first-order valence-corrected chi connectivity index (χ1v) is 13.0. The van der Waals surface area contributed by atoms with Gasteiger partial charge in [-0.2, -0.15) is 0 Å². The third-order valence-electron chi connectivity index (χ3n) is 6.06. The van der Waals surface area contributed by atoms with Gasteiger partial charge < -0.3 is 44.8 Å². The zero-order valence-electron chi connectivity index (χ0n) is 25.7. The van der Waals surface area contributed by atoms with Crippen molar-refractivity contribution in [3.05, 3.63) is 0 Å². The predicted molar refractivity (Wildman–Crippen MR) is 149 cm³/mol. The van der Waals surface area contributed by atoms with Gasteiger partial charge in [0.15, 0.2) is 0 Å². The molecule has 0 aliphatic rings. The van der Waals surface area contributed by atoms with E-state index in [0.29, 0.717) is 0 Å². The molecule has 0 spiro atoms. The number of carbonyl (C=O) groups excluding carboxylic acids is 8. The van der Waals surface area contributed by atoms with E-state index in [4.69, 9.17) is 10.5 Å². The zero-order valence-corrected chi connectivity index (χ0v) is 25.7. The van der Waals surface area contributed by atoms with Gasteiger partial charge in [-0.1, -0.05) is 0 Å². The molecule has 17 heteroatoms. The van der Waals surface area contributed by atoms with Crippen LogP contribution in [0.5, 0.6) is 0 Å². The van der Waals surface area contributed by atoms with Crippen LogP contribution in [-0.4, -0.2) is 190 Å². The van der Waals surface area contributed by atoms with Gasteiger partial charge in [0.2, 0.25) is 41.4 Å². The van der Waals surface area contributed by atoms with Crippen molar-refractivity contribution in [1.29, 1.82) is 0 Å². The van der Waals surface area contributed by atoms with Gasteiger partial charge in [0, 0.05) is 49.3 Å². The van der Waals surface area contributed by atoms with E-state index >= 15 is 0 Å². The van der Waals surface area contributed by atoms with Gasteiger partial charge in [-0.3, -0.25) is 38.4 Å². The van der Waals surface area contributed by atoms with Gasteiger partial charge in [-0.25, -0.2) is 0 Å². The molecule has 17 nitrogen and oxygen atoms in total. The third-order valence-corrected chi connectivity index (χ3v) is 6.06. The molecule has 0 aromatic heterocycles. The highest BCUT2D eigenvalue weighted by atomic mass is 16.5. The number of esters is 1. The Morgan fingerprint density at radius 3 is 0.857 bits per heavy atom. The van der Waals surface area contributed by atoms with Gasteiger partial charge in [0.05, 0.1) is 52.4 Å². The normalized spacial score (nSPS) is 10.2. The van der Waals surface area contributed by atoms with Crippen molar-refractivity contribution in [1.82, 2.24) is 34.3 Å². The van der Waals surface area contributed by atoms with E-state index in [2.05, 4.69) is 0 Å². The Balaban J connectivity index is 4.76. The average molecular weight is 601 g/mol. The van der Waals surface area contributed by atoms with Gasteiger partial charge in [0.25, 0.3) is 0 Å². The Hall–Kier alpha value is -4.28. The molecule has 0 saturated heterocycles. The first-order chi connectivity index (χ1) is 19.4. The van der Waals surface area contributed by atoms with Crippen LogP contribution in [0.25, 0.3) is 0 Å². The third kappa shape index (κ3) is 13.4. The molecule has 42 heavy (non-hydrogen) atoms. The lowest BCUT2D eigenvalue weighted by Crippen LogP contribution is -2.49. The van der Waals surface area contributed by atoms with Crippen LogP contribution in [-0.2, 0) is 43.1 Å².